The molecule has 0 amide bonds. The molecule has 0 spiro atoms. The van der Waals surface area contributed by atoms with Gasteiger partial charge in [0.2, 0.25) is 10.0 Å². The molecule has 2 aromatic heterocycles. The Bertz CT molecular complexity index is 1100. The summed E-state index contributed by atoms with van der Waals surface area (Å²) in [6.07, 6.45) is 1.44. The van der Waals surface area contributed by atoms with Crippen LogP contribution in [0, 0.1) is 0 Å². The summed E-state index contributed by atoms with van der Waals surface area (Å²) in [5.74, 6) is -0.388. The molecule has 0 aliphatic heterocycles. The van der Waals surface area contributed by atoms with E-state index in [2.05, 4.69) is 14.7 Å². The molecule has 130 valence electrons. The van der Waals surface area contributed by atoms with Gasteiger partial charge in [-0.2, -0.15) is 0 Å². The van der Waals surface area contributed by atoms with Crippen LogP contribution in [-0.2, 0) is 23.1 Å². The maximum atomic E-state index is 12.3. The fourth-order valence-corrected chi connectivity index (χ4v) is 3.31. The fraction of sp³-hybridized carbons (Fsp3) is 0.188. The Hall–Kier alpha value is -2.78. The van der Waals surface area contributed by atoms with E-state index in [0.29, 0.717) is 5.52 Å². The number of nitrogens with one attached hydrogen (secondary N) is 2. The fourth-order valence-electron chi connectivity index (χ4n) is 2.36. The lowest BCUT2D eigenvalue weighted by Crippen LogP contribution is -2.38. The molecule has 0 unspecified atom stereocenters. The van der Waals surface area contributed by atoms with Crippen molar-refractivity contribution in [3.8, 4) is 0 Å². The Balaban J connectivity index is 1.76. The Morgan fingerprint density at radius 3 is 2.60 bits per heavy atom. The number of benzene rings is 1. The molecule has 0 aliphatic rings. The summed E-state index contributed by atoms with van der Waals surface area (Å²) in [5.41, 5.74) is -0.0482. The van der Waals surface area contributed by atoms with Crippen LogP contribution < -0.4 is 16.0 Å². The number of nitrogens with zero attached hydrogens (tertiary/aromatic N) is 2. The highest BCUT2D eigenvalue weighted by Crippen LogP contribution is 2.00. The normalized spacial score (nSPS) is 11.7. The number of aromatic nitrogens is 3. The first-order valence-electron chi connectivity index (χ1n) is 7.55. The second-order valence-corrected chi connectivity index (χ2v) is 7.34. The topological polar surface area (TPSA) is 114 Å². The van der Waals surface area contributed by atoms with Crippen molar-refractivity contribution in [3.63, 3.8) is 0 Å². The Labute approximate surface area is 143 Å². The van der Waals surface area contributed by atoms with Crippen LogP contribution in [0.15, 0.2) is 58.3 Å². The first-order chi connectivity index (χ1) is 12.0. The van der Waals surface area contributed by atoms with Crippen molar-refractivity contribution < 1.29 is 8.42 Å². The molecule has 1 aromatic carbocycles. The average Bonchev–Trinajstić information content (AvgIpc) is 2.61. The third-order valence-electron chi connectivity index (χ3n) is 3.66. The molecule has 0 saturated carbocycles. The van der Waals surface area contributed by atoms with E-state index in [-0.39, 0.29) is 24.4 Å². The van der Waals surface area contributed by atoms with Crippen LogP contribution in [0.25, 0.3) is 11.0 Å². The second kappa shape index (κ2) is 6.99. The van der Waals surface area contributed by atoms with Gasteiger partial charge in [0.15, 0.2) is 5.52 Å². The molecule has 0 radical (unpaired) electrons. The van der Waals surface area contributed by atoms with Gasteiger partial charge in [-0.1, -0.05) is 30.3 Å². The van der Waals surface area contributed by atoms with Gasteiger partial charge in [0.25, 0.3) is 5.56 Å². The molecule has 2 N–H and O–H groups in total. The monoisotopic (exact) mass is 360 g/mol. The van der Waals surface area contributed by atoms with E-state index in [0.717, 1.165) is 10.1 Å². The molecule has 3 aromatic rings. The number of hydrogen-bond acceptors (Lipinski definition) is 5. The molecule has 2 heterocycles. The number of sulfonamides is 1. The van der Waals surface area contributed by atoms with Crippen LogP contribution in [0.1, 0.15) is 5.56 Å². The van der Waals surface area contributed by atoms with Crippen molar-refractivity contribution in [2.45, 2.75) is 13.1 Å². The zero-order valence-electron chi connectivity index (χ0n) is 13.2. The molecule has 0 bridgehead atoms. The van der Waals surface area contributed by atoms with Crippen molar-refractivity contribution in [3.05, 3.63) is 75.1 Å². The average molecular weight is 360 g/mol. The van der Waals surface area contributed by atoms with E-state index in [4.69, 9.17) is 0 Å². The van der Waals surface area contributed by atoms with E-state index < -0.39 is 21.3 Å². The molecule has 0 aliphatic carbocycles. The third kappa shape index (κ3) is 4.01. The highest BCUT2D eigenvalue weighted by atomic mass is 32.2. The van der Waals surface area contributed by atoms with Crippen LogP contribution in [-0.4, -0.2) is 28.7 Å². The van der Waals surface area contributed by atoms with Gasteiger partial charge in [0.05, 0.1) is 11.3 Å². The summed E-state index contributed by atoms with van der Waals surface area (Å²) in [5, 5.41) is 0. The summed E-state index contributed by atoms with van der Waals surface area (Å²) in [4.78, 5) is 30.8. The Morgan fingerprint density at radius 2 is 1.84 bits per heavy atom. The van der Waals surface area contributed by atoms with E-state index >= 15 is 0 Å². The molecule has 9 heteroatoms. The van der Waals surface area contributed by atoms with E-state index in [9.17, 15) is 18.0 Å². The summed E-state index contributed by atoms with van der Waals surface area (Å²) in [6.45, 7) is -0.113. The highest BCUT2D eigenvalue weighted by Gasteiger charge is 2.14. The van der Waals surface area contributed by atoms with Gasteiger partial charge in [-0.05, 0) is 17.7 Å². The van der Waals surface area contributed by atoms with Gasteiger partial charge < -0.3 is 4.98 Å². The minimum Gasteiger partial charge on any atom is -0.305 e. The van der Waals surface area contributed by atoms with Crippen LogP contribution >= 0.6 is 0 Å². The highest BCUT2D eigenvalue weighted by molar-refractivity contribution is 7.89. The van der Waals surface area contributed by atoms with Crippen molar-refractivity contribution in [2.75, 3.05) is 5.75 Å². The van der Waals surface area contributed by atoms with Crippen LogP contribution in [0.3, 0.4) is 0 Å². The summed E-state index contributed by atoms with van der Waals surface area (Å²) < 4.78 is 27.5. The maximum Gasteiger partial charge on any atom is 0.328 e. The van der Waals surface area contributed by atoms with Gasteiger partial charge in [-0.3, -0.25) is 9.36 Å². The lowest BCUT2D eigenvalue weighted by Gasteiger charge is -2.08. The summed E-state index contributed by atoms with van der Waals surface area (Å²) in [7, 11) is -3.65. The minimum absolute atomic E-state index is 0.0942. The molecule has 8 nitrogen and oxygen atoms in total. The van der Waals surface area contributed by atoms with Gasteiger partial charge in [0.1, 0.15) is 0 Å². The van der Waals surface area contributed by atoms with Crippen LogP contribution in [0.4, 0.5) is 0 Å². The number of rotatable bonds is 6. The summed E-state index contributed by atoms with van der Waals surface area (Å²) in [6, 6.07) is 12.2. The van der Waals surface area contributed by atoms with E-state index in [1.54, 1.807) is 24.3 Å². The number of hydrogen-bond donors (Lipinski definition) is 2. The molecule has 0 saturated heterocycles. The summed E-state index contributed by atoms with van der Waals surface area (Å²) >= 11 is 0. The SMILES string of the molecule is O=c1[nH]c2cccnc2c(=O)n1CCS(=O)(=O)NCc1ccccc1. The lowest BCUT2D eigenvalue weighted by molar-refractivity contribution is 0.570. The quantitative estimate of drug-likeness (QED) is 0.652. The number of H-pyrrole nitrogens is 1. The standard InChI is InChI=1S/C16H16N4O4S/c21-15-14-13(7-4-8-17-14)19-16(22)20(15)9-10-25(23,24)18-11-12-5-2-1-3-6-12/h1-8,18H,9-11H2,(H,19,22). The Morgan fingerprint density at radius 1 is 1.08 bits per heavy atom. The lowest BCUT2D eigenvalue weighted by atomic mass is 10.2. The van der Waals surface area contributed by atoms with Gasteiger partial charge in [-0.15, -0.1) is 0 Å². The second-order valence-electron chi connectivity index (χ2n) is 5.41. The van der Waals surface area contributed by atoms with Gasteiger partial charge in [0, 0.05) is 19.3 Å². The number of fused-ring (bicyclic) bond motifs is 1. The number of aromatic amines is 1. The van der Waals surface area contributed by atoms with E-state index in [1.165, 1.54) is 6.20 Å². The zero-order valence-corrected chi connectivity index (χ0v) is 14.0. The van der Waals surface area contributed by atoms with Crippen LogP contribution in [0.5, 0.6) is 0 Å². The minimum atomic E-state index is -3.65. The first kappa shape index (κ1) is 17.1. The zero-order chi connectivity index (χ0) is 17.9. The number of pyridine rings is 1. The van der Waals surface area contributed by atoms with Crippen molar-refractivity contribution in [2.24, 2.45) is 0 Å². The third-order valence-corrected chi connectivity index (χ3v) is 4.97. The Kier molecular flexibility index (Phi) is 4.77. The predicted molar refractivity (Wildman–Crippen MR) is 93.7 cm³/mol. The molecule has 0 fully saturated rings. The molecule has 0 atom stereocenters. The molecule has 3 rings (SSSR count). The van der Waals surface area contributed by atoms with Crippen LogP contribution in [0.2, 0.25) is 0 Å². The van der Waals surface area contributed by atoms with Gasteiger partial charge in [-0.25, -0.2) is 22.9 Å². The molecule has 25 heavy (non-hydrogen) atoms. The largest absolute Gasteiger partial charge is 0.328 e. The van der Waals surface area contributed by atoms with Crippen molar-refractivity contribution >= 4 is 21.1 Å². The van der Waals surface area contributed by atoms with Crippen molar-refractivity contribution in [1.82, 2.24) is 19.3 Å². The van der Waals surface area contributed by atoms with Gasteiger partial charge >= 0.3 is 5.69 Å². The smallest absolute Gasteiger partial charge is 0.305 e. The van der Waals surface area contributed by atoms with Crippen molar-refractivity contribution in [1.29, 1.82) is 0 Å². The first-order valence-corrected chi connectivity index (χ1v) is 9.21. The maximum absolute atomic E-state index is 12.3. The molecular formula is C16H16N4O4S. The molecular weight excluding hydrogens is 344 g/mol. The van der Waals surface area contributed by atoms with E-state index in [1.807, 2.05) is 18.2 Å². The predicted octanol–water partition coefficient (Wildman–Crippen LogP) is 0.204.